The molecule has 0 bridgehead atoms. The first-order valence-corrected chi connectivity index (χ1v) is 6.71. The van der Waals surface area contributed by atoms with Crippen molar-refractivity contribution in [1.82, 2.24) is 0 Å². The van der Waals surface area contributed by atoms with Gasteiger partial charge in [0.2, 0.25) is 0 Å². The number of ether oxygens (including phenoxy) is 1. The molecule has 0 amide bonds. The van der Waals surface area contributed by atoms with E-state index in [1.165, 1.54) is 0 Å². The fourth-order valence-electron chi connectivity index (χ4n) is 2.08. The van der Waals surface area contributed by atoms with Crippen LogP contribution in [-0.4, -0.2) is 17.8 Å². The second-order valence-electron chi connectivity index (χ2n) is 4.87. The molecule has 0 fully saturated rings. The molecule has 3 N–H and O–H groups in total. The Kier molecular flexibility index (Phi) is 4.40. The Morgan fingerprint density at radius 2 is 1.95 bits per heavy atom. The SMILES string of the molecule is CCC(O)COc1c(C(C)N)ccc2ccccc12. The van der Waals surface area contributed by atoms with Gasteiger partial charge in [-0.2, -0.15) is 0 Å². The third-order valence-electron chi connectivity index (χ3n) is 3.29. The van der Waals surface area contributed by atoms with Gasteiger partial charge in [-0.1, -0.05) is 43.3 Å². The van der Waals surface area contributed by atoms with E-state index in [-0.39, 0.29) is 6.04 Å². The second kappa shape index (κ2) is 6.04. The summed E-state index contributed by atoms with van der Waals surface area (Å²) in [5, 5.41) is 11.8. The molecule has 0 radical (unpaired) electrons. The molecule has 0 saturated carbocycles. The van der Waals surface area contributed by atoms with Crippen molar-refractivity contribution in [2.45, 2.75) is 32.4 Å². The van der Waals surface area contributed by atoms with Crippen LogP contribution in [0.15, 0.2) is 36.4 Å². The summed E-state index contributed by atoms with van der Waals surface area (Å²) < 4.78 is 5.83. The lowest BCUT2D eigenvalue weighted by Crippen LogP contribution is -2.18. The van der Waals surface area contributed by atoms with Gasteiger partial charge in [0.25, 0.3) is 0 Å². The molecule has 3 nitrogen and oxygen atoms in total. The maximum atomic E-state index is 9.66. The van der Waals surface area contributed by atoms with Gasteiger partial charge >= 0.3 is 0 Å². The number of aliphatic hydroxyl groups excluding tert-OH is 1. The molecule has 0 aliphatic carbocycles. The van der Waals surface area contributed by atoms with Gasteiger partial charge in [-0.3, -0.25) is 0 Å². The first-order chi connectivity index (χ1) is 9.13. The zero-order valence-electron chi connectivity index (χ0n) is 11.5. The van der Waals surface area contributed by atoms with Crippen LogP contribution in [-0.2, 0) is 0 Å². The van der Waals surface area contributed by atoms with Crippen molar-refractivity contribution in [3.05, 3.63) is 42.0 Å². The molecule has 0 aliphatic heterocycles. The largest absolute Gasteiger partial charge is 0.490 e. The highest BCUT2D eigenvalue weighted by molar-refractivity contribution is 5.89. The van der Waals surface area contributed by atoms with E-state index in [2.05, 4.69) is 6.07 Å². The molecule has 0 aromatic heterocycles. The summed E-state index contributed by atoms with van der Waals surface area (Å²) >= 11 is 0. The first kappa shape index (κ1) is 13.8. The molecule has 2 rings (SSSR count). The molecule has 2 aromatic carbocycles. The fourth-order valence-corrected chi connectivity index (χ4v) is 2.08. The van der Waals surface area contributed by atoms with Crippen molar-refractivity contribution < 1.29 is 9.84 Å². The van der Waals surface area contributed by atoms with E-state index in [1.807, 2.05) is 44.2 Å². The molecule has 2 aromatic rings. The van der Waals surface area contributed by atoms with Crippen molar-refractivity contribution in [1.29, 1.82) is 0 Å². The predicted octanol–water partition coefficient (Wildman–Crippen LogP) is 3.01. The van der Waals surface area contributed by atoms with Crippen molar-refractivity contribution in [2.24, 2.45) is 5.73 Å². The van der Waals surface area contributed by atoms with Gasteiger partial charge in [-0.25, -0.2) is 0 Å². The molecule has 2 unspecified atom stereocenters. The highest BCUT2D eigenvalue weighted by Crippen LogP contribution is 2.33. The summed E-state index contributed by atoms with van der Waals surface area (Å²) in [6.45, 7) is 4.17. The molecule has 19 heavy (non-hydrogen) atoms. The molecule has 0 aliphatic rings. The third kappa shape index (κ3) is 3.06. The summed E-state index contributed by atoms with van der Waals surface area (Å²) in [5.41, 5.74) is 6.98. The maximum Gasteiger partial charge on any atom is 0.132 e. The monoisotopic (exact) mass is 259 g/mol. The van der Waals surface area contributed by atoms with Crippen LogP contribution in [0.4, 0.5) is 0 Å². The maximum absolute atomic E-state index is 9.66. The van der Waals surface area contributed by atoms with E-state index < -0.39 is 6.10 Å². The van der Waals surface area contributed by atoms with Crippen LogP contribution in [0.5, 0.6) is 5.75 Å². The van der Waals surface area contributed by atoms with Crippen LogP contribution in [0.25, 0.3) is 10.8 Å². The normalized spacial score (nSPS) is 14.3. The Morgan fingerprint density at radius 3 is 2.63 bits per heavy atom. The topological polar surface area (TPSA) is 55.5 Å². The number of benzene rings is 2. The number of nitrogens with two attached hydrogens (primary N) is 1. The molecule has 3 heteroatoms. The van der Waals surface area contributed by atoms with E-state index in [1.54, 1.807) is 0 Å². The van der Waals surface area contributed by atoms with Gasteiger partial charge in [-0.15, -0.1) is 0 Å². The highest BCUT2D eigenvalue weighted by atomic mass is 16.5. The first-order valence-electron chi connectivity index (χ1n) is 6.71. The Balaban J connectivity index is 2.43. The molecular weight excluding hydrogens is 238 g/mol. The average Bonchev–Trinajstić information content (AvgIpc) is 2.43. The predicted molar refractivity (Wildman–Crippen MR) is 78.3 cm³/mol. The summed E-state index contributed by atoms with van der Waals surface area (Å²) in [7, 11) is 0. The lowest BCUT2D eigenvalue weighted by Gasteiger charge is -2.18. The number of aliphatic hydroxyl groups is 1. The Bertz CT molecular complexity index is 551. The van der Waals surface area contributed by atoms with Crippen LogP contribution in [0, 0.1) is 0 Å². The van der Waals surface area contributed by atoms with Gasteiger partial charge in [0.1, 0.15) is 12.4 Å². The Hall–Kier alpha value is -1.58. The molecule has 0 heterocycles. The number of fused-ring (bicyclic) bond motifs is 1. The number of rotatable bonds is 5. The quantitative estimate of drug-likeness (QED) is 0.867. The van der Waals surface area contributed by atoms with Gasteiger partial charge < -0.3 is 15.6 Å². The minimum Gasteiger partial charge on any atom is -0.490 e. The van der Waals surface area contributed by atoms with Crippen LogP contribution in [0.1, 0.15) is 31.9 Å². The van der Waals surface area contributed by atoms with E-state index >= 15 is 0 Å². The smallest absolute Gasteiger partial charge is 0.132 e. The minimum atomic E-state index is -0.445. The minimum absolute atomic E-state index is 0.0987. The molecule has 0 saturated heterocycles. The van der Waals surface area contributed by atoms with E-state index in [0.717, 1.165) is 22.1 Å². The summed E-state index contributed by atoms with van der Waals surface area (Å²) in [5.74, 6) is 0.792. The van der Waals surface area contributed by atoms with Gasteiger partial charge in [0.05, 0.1) is 6.10 Å². The zero-order chi connectivity index (χ0) is 13.8. The van der Waals surface area contributed by atoms with E-state index in [0.29, 0.717) is 13.0 Å². The number of hydrogen-bond donors (Lipinski definition) is 2. The third-order valence-corrected chi connectivity index (χ3v) is 3.29. The van der Waals surface area contributed by atoms with Crippen LogP contribution in [0.2, 0.25) is 0 Å². The van der Waals surface area contributed by atoms with Gasteiger partial charge in [0.15, 0.2) is 0 Å². The highest BCUT2D eigenvalue weighted by Gasteiger charge is 2.13. The molecule has 102 valence electrons. The fraction of sp³-hybridized carbons (Fsp3) is 0.375. The lowest BCUT2D eigenvalue weighted by atomic mass is 10.0. The molecular formula is C16H21NO2. The van der Waals surface area contributed by atoms with Crippen molar-refractivity contribution >= 4 is 10.8 Å². The lowest BCUT2D eigenvalue weighted by molar-refractivity contribution is 0.104. The van der Waals surface area contributed by atoms with Crippen molar-refractivity contribution in [3.8, 4) is 5.75 Å². The van der Waals surface area contributed by atoms with Crippen molar-refractivity contribution in [2.75, 3.05) is 6.61 Å². The van der Waals surface area contributed by atoms with Crippen LogP contribution >= 0.6 is 0 Å². The summed E-state index contributed by atoms with van der Waals surface area (Å²) in [4.78, 5) is 0. The number of hydrogen-bond acceptors (Lipinski definition) is 3. The van der Waals surface area contributed by atoms with Crippen LogP contribution < -0.4 is 10.5 Å². The van der Waals surface area contributed by atoms with Gasteiger partial charge in [0, 0.05) is 17.0 Å². The second-order valence-corrected chi connectivity index (χ2v) is 4.87. The Labute approximate surface area is 114 Å². The standard InChI is InChI=1S/C16H21NO2/c1-3-13(18)10-19-16-14(11(2)17)9-8-12-6-4-5-7-15(12)16/h4-9,11,13,18H,3,10,17H2,1-2H3. The molecule has 2 atom stereocenters. The van der Waals surface area contributed by atoms with E-state index in [4.69, 9.17) is 10.5 Å². The van der Waals surface area contributed by atoms with Gasteiger partial charge in [-0.05, 0) is 18.7 Å². The van der Waals surface area contributed by atoms with Crippen LogP contribution in [0.3, 0.4) is 0 Å². The Morgan fingerprint density at radius 1 is 1.21 bits per heavy atom. The van der Waals surface area contributed by atoms with Crippen molar-refractivity contribution in [3.63, 3.8) is 0 Å². The summed E-state index contributed by atoms with van der Waals surface area (Å²) in [6.07, 6.45) is 0.234. The van der Waals surface area contributed by atoms with E-state index in [9.17, 15) is 5.11 Å². The molecule has 0 spiro atoms. The zero-order valence-corrected chi connectivity index (χ0v) is 11.5. The average molecular weight is 259 g/mol. The summed E-state index contributed by atoms with van der Waals surface area (Å²) in [6, 6.07) is 12.0.